The summed E-state index contributed by atoms with van der Waals surface area (Å²) in [5.74, 6) is 0. The van der Waals surface area contributed by atoms with Gasteiger partial charge in [0.2, 0.25) is 0 Å². The van der Waals surface area contributed by atoms with Gasteiger partial charge in [-0.3, -0.25) is 4.90 Å². The first-order valence-corrected chi connectivity index (χ1v) is 5.76. The van der Waals surface area contributed by atoms with Crippen LogP contribution >= 0.6 is 11.3 Å². The van der Waals surface area contributed by atoms with E-state index in [2.05, 4.69) is 29.8 Å². The quantitative estimate of drug-likeness (QED) is 0.829. The number of nitriles is 1. The fourth-order valence-electron chi connectivity index (χ4n) is 1.31. The van der Waals surface area contributed by atoms with Crippen LogP contribution in [0.1, 0.15) is 25.1 Å². The average molecular weight is 224 g/mol. The lowest BCUT2D eigenvalue weighted by Crippen LogP contribution is -2.30. The number of hydrogen-bond donors (Lipinski definition) is 1. The molecule has 0 aliphatic carbocycles. The predicted octanol–water partition coefficient (Wildman–Crippen LogP) is 1.85. The van der Waals surface area contributed by atoms with E-state index in [0.717, 1.165) is 18.0 Å². The molecule has 0 saturated carbocycles. The van der Waals surface area contributed by atoms with Crippen molar-refractivity contribution < 1.29 is 0 Å². The van der Waals surface area contributed by atoms with Crippen molar-refractivity contribution in [2.45, 2.75) is 32.9 Å². The molecule has 4 nitrogen and oxygen atoms in total. The molecule has 0 unspecified atom stereocenters. The largest absolute Gasteiger partial charge is 0.375 e. The second kappa shape index (κ2) is 5.69. The van der Waals surface area contributed by atoms with Crippen LogP contribution in [0.5, 0.6) is 0 Å². The molecule has 1 aromatic rings. The standard InChI is InChI=1S/C10H16N4S/c1-8(2)14(5-3-4-11)7-9-6-13-10(12)15-9/h6,8H,3,5,7H2,1-2H3,(H2,12,13). The van der Waals surface area contributed by atoms with Gasteiger partial charge in [0, 0.05) is 36.6 Å². The van der Waals surface area contributed by atoms with E-state index in [1.54, 1.807) is 0 Å². The molecule has 0 bridgehead atoms. The fourth-order valence-corrected chi connectivity index (χ4v) is 2.02. The Hall–Kier alpha value is -1.12. The van der Waals surface area contributed by atoms with Crippen LogP contribution in [0.3, 0.4) is 0 Å². The summed E-state index contributed by atoms with van der Waals surface area (Å²) < 4.78 is 0. The van der Waals surface area contributed by atoms with Gasteiger partial charge < -0.3 is 5.73 Å². The van der Waals surface area contributed by atoms with Crippen molar-refractivity contribution in [1.82, 2.24) is 9.88 Å². The maximum atomic E-state index is 8.56. The summed E-state index contributed by atoms with van der Waals surface area (Å²) in [6, 6.07) is 2.60. The van der Waals surface area contributed by atoms with Crippen LogP contribution in [0.15, 0.2) is 6.20 Å². The molecule has 0 atom stereocenters. The zero-order valence-electron chi connectivity index (χ0n) is 9.10. The SMILES string of the molecule is CC(C)N(CCC#N)Cc1cnc(N)s1. The molecular formula is C10H16N4S. The monoisotopic (exact) mass is 224 g/mol. The summed E-state index contributed by atoms with van der Waals surface area (Å²) in [6.45, 7) is 5.88. The molecule has 82 valence electrons. The van der Waals surface area contributed by atoms with Gasteiger partial charge in [-0.15, -0.1) is 11.3 Å². The Balaban J connectivity index is 2.55. The lowest BCUT2D eigenvalue weighted by molar-refractivity contribution is 0.219. The first-order valence-electron chi connectivity index (χ1n) is 4.94. The third kappa shape index (κ3) is 3.86. The highest BCUT2D eigenvalue weighted by atomic mass is 32.1. The molecule has 1 heterocycles. The van der Waals surface area contributed by atoms with Gasteiger partial charge in [0.05, 0.1) is 6.07 Å². The molecule has 0 aliphatic heterocycles. The molecule has 0 radical (unpaired) electrons. The highest BCUT2D eigenvalue weighted by Gasteiger charge is 2.11. The zero-order chi connectivity index (χ0) is 11.3. The normalized spacial score (nSPS) is 10.9. The van der Waals surface area contributed by atoms with E-state index in [1.165, 1.54) is 11.3 Å². The molecule has 0 amide bonds. The number of anilines is 1. The number of thiazole rings is 1. The molecule has 2 N–H and O–H groups in total. The first-order chi connectivity index (χ1) is 7.13. The van der Waals surface area contributed by atoms with Gasteiger partial charge in [-0.2, -0.15) is 5.26 Å². The summed E-state index contributed by atoms with van der Waals surface area (Å²) >= 11 is 1.51. The van der Waals surface area contributed by atoms with Gasteiger partial charge in [-0.1, -0.05) is 0 Å². The van der Waals surface area contributed by atoms with Gasteiger partial charge in [0.15, 0.2) is 5.13 Å². The van der Waals surface area contributed by atoms with Crippen LogP contribution in [0.2, 0.25) is 0 Å². The minimum absolute atomic E-state index is 0.432. The Labute approximate surface area is 94.3 Å². The average Bonchev–Trinajstić information content (AvgIpc) is 2.58. The minimum Gasteiger partial charge on any atom is -0.375 e. The lowest BCUT2D eigenvalue weighted by atomic mass is 10.3. The summed E-state index contributed by atoms with van der Waals surface area (Å²) in [7, 11) is 0. The van der Waals surface area contributed by atoms with E-state index in [4.69, 9.17) is 11.0 Å². The Bertz CT molecular complexity index is 339. The molecule has 5 heteroatoms. The smallest absolute Gasteiger partial charge is 0.180 e. The number of hydrogen-bond acceptors (Lipinski definition) is 5. The van der Waals surface area contributed by atoms with Crippen molar-refractivity contribution in [1.29, 1.82) is 5.26 Å². The van der Waals surface area contributed by atoms with Crippen molar-refractivity contribution in [3.8, 4) is 6.07 Å². The zero-order valence-corrected chi connectivity index (χ0v) is 9.92. The third-order valence-electron chi connectivity index (χ3n) is 2.17. The van der Waals surface area contributed by atoms with Crippen LogP contribution in [-0.2, 0) is 6.54 Å². The van der Waals surface area contributed by atoms with Gasteiger partial charge in [0.1, 0.15) is 0 Å². The highest BCUT2D eigenvalue weighted by molar-refractivity contribution is 7.15. The Morgan fingerprint density at radius 2 is 2.40 bits per heavy atom. The van der Waals surface area contributed by atoms with Crippen molar-refractivity contribution in [3.05, 3.63) is 11.1 Å². The van der Waals surface area contributed by atoms with Gasteiger partial charge in [-0.25, -0.2) is 4.98 Å². The van der Waals surface area contributed by atoms with E-state index in [-0.39, 0.29) is 0 Å². The number of nitrogens with zero attached hydrogens (tertiary/aromatic N) is 3. The lowest BCUT2D eigenvalue weighted by Gasteiger charge is -2.24. The van der Waals surface area contributed by atoms with Crippen LogP contribution in [0, 0.1) is 11.3 Å². The maximum Gasteiger partial charge on any atom is 0.180 e. The van der Waals surface area contributed by atoms with Crippen LogP contribution < -0.4 is 5.73 Å². The van der Waals surface area contributed by atoms with Gasteiger partial charge in [0.25, 0.3) is 0 Å². The van der Waals surface area contributed by atoms with E-state index >= 15 is 0 Å². The summed E-state index contributed by atoms with van der Waals surface area (Å²) in [6.07, 6.45) is 2.37. The number of nitrogens with two attached hydrogens (primary N) is 1. The van der Waals surface area contributed by atoms with E-state index < -0.39 is 0 Å². The molecular weight excluding hydrogens is 208 g/mol. The summed E-state index contributed by atoms with van der Waals surface area (Å²) in [4.78, 5) is 7.41. The van der Waals surface area contributed by atoms with Gasteiger partial charge >= 0.3 is 0 Å². The van der Waals surface area contributed by atoms with Crippen LogP contribution in [0.25, 0.3) is 0 Å². The minimum atomic E-state index is 0.432. The van der Waals surface area contributed by atoms with Crippen molar-refractivity contribution in [2.75, 3.05) is 12.3 Å². The maximum absolute atomic E-state index is 8.56. The Kier molecular flexibility index (Phi) is 4.53. The fraction of sp³-hybridized carbons (Fsp3) is 0.600. The molecule has 1 aromatic heterocycles. The summed E-state index contributed by atoms with van der Waals surface area (Å²) in [5.41, 5.74) is 5.57. The van der Waals surface area contributed by atoms with Gasteiger partial charge in [-0.05, 0) is 13.8 Å². The number of nitrogen functional groups attached to an aromatic ring is 1. The predicted molar refractivity (Wildman–Crippen MR) is 62.3 cm³/mol. The first kappa shape index (κ1) is 12.0. The van der Waals surface area contributed by atoms with E-state index in [9.17, 15) is 0 Å². The topological polar surface area (TPSA) is 65.9 Å². The molecule has 0 spiro atoms. The molecule has 0 aliphatic rings. The highest BCUT2D eigenvalue weighted by Crippen LogP contribution is 2.17. The Morgan fingerprint density at radius 1 is 1.67 bits per heavy atom. The molecule has 1 rings (SSSR count). The van der Waals surface area contributed by atoms with Crippen LogP contribution in [0.4, 0.5) is 5.13 Å². The molecule has 0 saturated heterocycles. The molecule has 0 aromatic carbocycles. The van der Waals surface area contributed by atoms with E-state index in [1.807, 2.05) is 6.20 Å². The second-order valence-corrected chi connectivity index (χ2v) is 4.78. The van der Waals surface area contributed by atoms with Crippen molar-refractivity contribution in [2.24, 2.45) is 0 Å². The van der Waals surface area contributed by atoms with Crippen LogP contribution in [-0.4, -0.2) is 22.5 Å². The number of aromatic nitrogens is 1. The molecule has 0 fully saturated rings. The number of rotatable bonds is 5. The third-order valence-corrected chi connectivity index (χ3v) is 2.98. The summed E-state index contributed by atoms with van der Waals surface area (Å²) in [5, 5.41) is 9.17. The molecule has 15 heavy (non-hydrogen) atoms. The Morgan fingerprint density at radius 3 is 2.87 bits per heavy atom. The van der Waals surface area contributed by atoms with E-state index in [0.29, 0.717) is 17.6 Å². The second-order valence-electron chi connectivity index (χ2n) is 3.64. The van der Waals surface area contributed by atoms with Crippen molar-refractivity contribution >= 4 is 16.5 Å². The van der Waals surface area contributed by atoms with Crippen molar-refractivity contribution in [3.63, 3.8) is 0 Å².